The molecule has 0 spiro atoms. The molecule has 2 rings (SSSR count). The highest BCUT2D eigenvalue weighted by Crippen LogP contribution is 2.36. The Morgan fingerprint density at radius 1 is 1.20 bits per heavy atom. The van der Waals surface area contributed by atoms with E-state index in [1.54, 1.807) is 39.5 Å². The number of fused-ring (bicyclic) bond motifs is 1. The summed E-state index contributed by atoms with van der Waals surface area (Å²) in [6.45, 7) is 8.86. The number of halogens is 3. The van der Waals surface area contributed by atoms with Crippen molar-refractivity contribution in [2.45, 2.75) is 59.2 Å². The summed E-state index contributed by atoms with van der Waals surface area (Å²) in [5.41, 5.74) is 1.32. The number of carbonyl (C=O) groups is 1. The summed E-state index contributed by atoms with van der Waals surface area (Å²) in [6.07, 6.45) is -0.331. The maximum absolute atomic E-state index is 13.0. The van der Waals surface area contributed by atoms with Gasteiger partial charge in [-0.25, -0.2) is 4.79 Å². The number of rotatable bonds is 1. The second-order valence-electron chi connectivity index (χ2n) is 7.14. The largest absolute Gasteiger partial charge is 0.444 e. The molecule has 2 aliphatic heterocycles. The summed E-state index contributed by atoms with van der Waals surface area (Å²) in [4.78, 5) is 13.7. The van der Waals surface area contributed by atoms with Crippen LogP contribution in [-0.4, -0.2) is 22.8 Å². The van der Waals surface area contributed by atoms with Crippen molar-refractivity contribution in [1.82, 2.24) is 10.2 Å². The third-order valence-corrected chi connectivity index (χ3v) is 3.92. The molecule has 1 amide bonds. The summed E-state index contributed by atoms with van der Waals surface area (Å²) in [7, 11) is 0. The summed E-state index contributed by atoms with van der Waals surface area (Å²) < 4.78 is 44.2. The topological polar surface area (TPSA) is 41.6 Å². The fourth-order valence-electron chi connectivity index (χ4n) is 2.64. The smallest absolute Gasteiger partial charge is 0.416 e. The van der Waals surface area contributed by atoms with Gasteiger partial charge in [0.15, 0.2) is 0 Å². The van der Waals surface area contributed by atoms with Gasteiger partial charge in [0.2, 0.25) is 0 Å². The number of alkyl carbamates (subject to hydrolysis) is 1. The highest BCUT2D eigenvalue weighted by Gasteiger charge is 2.35. The number of allylic oxidation sites excluding steroid dienone is 6. The van der Waals surface area contributed by atoms with Gasteiger partial charge in [0.05, 0.1) is 5.57 Å². The third kappa shape index (κ3) is 4.67. The Bertz CT molecular complexity index is 692. The van der Waals surface area contributed by atoms with Crippen LogP contribution in [0, 0.1) is 0 Å². The molecule has 138 valence electrons. The fraction of sp³-hybridized carbons (Fsp3) is 0.500. The monoisotopic (exact) mass is 356 g/mol. The molecule has 0 saturated heterocycles. The molecule has 0 atom stereocenters. The van der Waals surface area contributed by atoms with E-state index in [2.05, 4.69) is 5.32 Å². The summed E-state index contributed by atoms with van der Waals surface area (Å²) in [6, 6.07) is 0. The Balaban J connectivity index is 2.29. The van der Waals surface area contributed by atoms with Crippen molar-refractivity contribution in [3.8, 4) is 0 Å². The zero-order valence-electron chi connectivity index (χ0n) is 15.0. The molecule has 4 nitrogen and oxygen atoms in total. The predicted molar refractivity (Wildman–Crippen MR) is 89.1 cm³/mol. The molecule has 0 radical (unpaired) electrons. The van der Waals surface area contributed by atoms with E-state index in [-0.39, 0.29) is 0 Å². The summed E-state index contributed by atoms with van der Waals surface area (Å²) in [5.74, 6) is 0. The summed E-state index contributed by atoms with van der Waals surface area (Å²) in [5, 5.41) is 2.73. The second kappa shape index (κ2) is 6.61. The molecule has 1 N–H and O–H groups in total. The minimum absolute atomic E-state index is 0.494. The lowest BCUT2D eigenvalue weighted by Crippen LogP contribution is -2.33. The molecule has 0 saturated carbocycles. The van der Waals surface area contributed by atoms with Crippen LogP contribution in [0.25, 0.3) is 0 Å². The Labute approximate surface area is 145 Å². The minimum atomic E-state index is -4.39. The van der Waals surface area contributed by atoms with Crippen LogP contribution in [0.5, 0.6) is 0 Å². The molecule has 0 aromatic carbocycles. The molecule has 0 fully saturated rings. The fourth-order valence-corrected chi connectivity index (χ4v) is 2.64. The molecule has 0 bridgehead atoms. The lowest BCUT2D eigenvalue weighted by molar-refractivity contribution is -0.0886. The van der Waals surface area contributed by atoms with Gasteiger partial charge in [-0.2, -0.15) is 13.2 Å². The van der Waals surface area contributed by atoms with Crippen molar-refractivity contribution < 1.29 is 22.7 Å². The zero-order valence-corrected chi connectivity index (χ0v) is 15.0. The van der Waals surface area contributed by atoms with E-state index >= 15 is 0 Å². The van der Waals surface area contributed by atoms with Gasteiger partial charge in [0, 0.05) is 23.3 Å². The maximum atomic E-state index is 13.0. The van der Waals surface area contributed by atoms with Crippen LogP contribution in [0.1, 0.15) is 47.5 Å². The molecule has 2 aliphatic rings. The van der Waals surface area contributed by atoms with Gasteiger partial charge in [-0.1, -0.05) is 0 Å². The molecule has 0 aliphatic carbocycles. The number of hydrogen-bond donors (Lipinski definition) is 1. The van der Waals surface area contributed by atoms with Crippen molar-refractivity contribution in [3.05, 3.63) is 46.6 Å². The van der Waals surface area contributed by atoms with E-state index in [9.17, 15) is 18.0 Å². The van der Waals surface area contributed by atoms with Gasteiger partial charge in [0.1, 0.15) is 5.60 Å². The zero-order chi connectivity index (χ0) is 19.0. The average Bonchev–Trinajstić information content (AvgIpc) is 2.56. The third-order valence-electron chi connectivity index (χ3n) is 3.92. The van der Waals surface area contributed by atoms with Gasteiger partial charge in [-0.15, -0.1) is 0 Å². The predicted octanol–water partition coefficient (Wildman–Crippen LogP) is 5.13. The SMILES string of the molecule is CC1=C2C=C(C(F)(F)F)C=CN2C(C)=C(NC(=O)OC(C)(C)C)CC1. The van der Waals surface area contributed by atoms with Crippen LogP contribution >= 0.6 is 0 Å². The van der Waals surface area contributed by atoms with Crippen molar-refractivity contribution in [2.75, 3.05) is 0 Å². The van der Waals surface area contributed by atoms with Gasteiger partial charge >= 0.3 is 12.3 Å². The number of nitrogens with zero attached hydrogens (tertiary/aromatic N) is 1. The van der Waals surface area contributed by atoms with Crippen molar-refractivity contribution in [1.29, 1.82) is 0 Å². The molecule has 7 heteroatoms. The molecule has 2 heterocycles. The normalized spacial score (nSPS) is 18.7. The van der Waals surface area contributed by atoms with E-state index in [0.717, 1.165) is 17.7 Å². The number of alkyl halides is 3. The lowest BCUT2D eigenvalue weighted by Gasteiger charge is -2.28. The van der Waals surface area contributed by atoms with Crippen LogP contribution in [0.3, 0.4) is 0 Å². The Morgan fingerprint density at radius 2 is 1.84 bits per heavy atom. The number of ether oxygens (including phenoxy) is 1. The van der Waals surface area contributed by atoms with Crippen LogP contribution < -0.4 is 5.32 Å². The molecule has 0 aromatic heterocycles. The molecular formula is C18H23F3N2O2. The first-order valence-electron chi connectivity index (χ1n) is 8.04. The number of amides is 1. The van der Waals surface area contributed by atoms with Crippen LogP contribution in [-0.2, 0) is 4.74 Å². The Hall–Kier alpha value is -2.18. The first kappa shape index (κ1) is 19.1. The van der Waals surface area contributed by atoms with E-state index in [4.69, 9.17) is 4.74 Å². The highest BCUT2D eigenvalue weighted by molar-refractivity contribution is 5.70. The quantitative estimate of drug-likeness (QED) is 0.708. The average molecular weight is 356 g/mol. The van der Waals surface area contributed by atoms with Crippen LogP contribution in [0.4, 0.5) is 18.0 Å². The van der Waals surface area contributed by atoms with Crippen LogP contribution in [0.15, 0.2) is 46.6 Å². The van der Waals surface area contributed by atoms with E-state index < -0.39 is 23.4 Å². The van der Waals surface area contributed by atoms with Gasteiger partial charge in [-0.05, 0) is 65.2 Å². The first-order valence-corrected chi connectivity index (χ1v) is 8.04. The van der Waals surface area contributed by atoms with E-state index in [1.165, 1.54) is 6.20 Å². The number of carbonyl (C=O) groups excluding carboxylic acids is 1. The molecule has 0 unspecified atom stereocenters. The second-order valence-corrected chi connectivity index (χ2v) is 7.14. The van der Waals surface area contributed by atoms with Gasteiger partial charge in [0.25, 0.3) is 0 Å². The van der Waals surface area contributed by atoms with E-state index in [0.29, 0.717) is 29.9 Å². The van der Waals surface area contributed by atoms with E-state index in [1.807, 2.05) is 0 Å². The van der Waals surface area contributed by atoms with Gasteiger partial charge < -0.3 is 9.64 Å². The minimum Gasteiger partial charge on any atom is -0.444 e. The van der Waals surface area contributed by atoms with Gasteiger partial charge in [-0.3, -0.25) is 5.32 Å². The Morgan fingerprint density at radius 3 is 2.40 bits per heavy atom. The molecule has 25 heavy (non-hydrogen) atoms. The maximum Gasteiger partial charge on any atom is 0.416 e. The first-order chi connectivity index (χ1) is 11.4. The number of nitrogens with one attached hydrogen (secondary N) is 1. The molecule has 0 aromatic rings. The highest BCUT2D eigenvalue weighted by atomic mass is 19.4. The van der Waals surface area contributed by atoms with Crippen molar-refractivity contribution >= 4 is 6.09 Å². The number of hydrogen-bond acceptors (Lipinski definition) is 3. The Kier molecular flexibility index (Phi) is 5.06. The standard InChI is InChI=1S/C18H23F3N2O2/c1-11-6-7-14(22-16(24)25-17(3,4)5)12(2)23-9-8-13(10-15(11)23)18(19,20)21/h8-10H,6-7H2,1-5H3,(H,22,24). The molecular weight excluding hydrogens is 333 g/mol. The van der Waals surface area contributed by atoms with Crippen LogP contribution in [0.2, 0.25) is 0 Å². The summed E-state index contributed by atoms with van der Waals surface area (Å²) >= 11 is 0. The van der Waals surface area contributed by atoms with Crippen molar-refractivity contribution in [2.24, 2.45) is 0 Å². The lowest BCUT2D eigenvalue weighted by atomic mass is 10.1. The van der Waals surface area contributed by atoms with Crippen molar-refractivity contribution in [3.63, 3.8) is 0 Å².